The quantitative estimate of drug-likeness (QED) is 0.813. The van der Waals surface area contributed by atoms with Crippen molar-refractivity contribution >= 4 is 11.5 Å². The van der Waals surface area contributed by atoms with Crippen LogP contribution >= 0.6 is 0 Å². The van der Waals surface area contributed by atoms with Gasteiger partial charge >= 0.3 is 0 Å². The summed E-state index contributed by atoms with van der Waals surface area (Å²) in [7, 11) is 3.28. The van der Waals surface area contributed by atoms with Crippen molar-refractivity contribution in [2.75, 3.05) is 27.2 Å². The summed E-state index contributed by atoms with van der Waals surface area (Å²) < 4.78 is 5.42. The molecule has 1 amide bonds. The second-order valence-electron chi connectivity index (χ2n) is 4.05. The normalized spacial score (nSPS) is 19.2. The van der Waals surface area contributed by atoms with Crippen LogP contribution in [-0.4, -0.2) is 44.2 Å². The lowest BCUT2D eigenvalue weighted by Gasteiger charge is -2.23. The molecule has 2 rings (SSSR count). The molecule has 1 atom stereocenters. The Morgan fingerprint density at radius 3 is 3.00 bits per heavy atom. The zero-order valence-electron chi connectivity index (χ0n) is 10.6. The Balaban J connectivity index is 2.23. The van der Waals surface area contributed by atoms with Gasteiger partial charge in [0, 0.05) is 33.4 Å². The predicted octanol–water partition coefficient (Wildman–Crippen LogP) is 0.443. The Kier molecular flexibility index (Phi) is 4.07. The van der Waals surface area contributed by atoms with E-state index >= 15 is 0 Å². The highest BCUT2D eigenvalue weighted by molar-refractivity contribution is 5.92. The summed E-state index contributed by atoms with van der Waals surface area (Å²) in [5.41, 5.74) is 2.54. The number of hydrogen-bond donors (Lipinski definition) is 2. The summed E-state index contributed by atoms with van der Waals surface area (Å²) in [6.07, 6.45) is 3.84. The van der Waals surface area contributed by atoms with Crippen molar-refractivity contribution in [2.45, 2.75) is 6.10 Å². The third-order valence-electron chi connectivity index (χ3n) is 2.98. The number of aromatic nitrogens is 1. The monoisotopic (exact) mass is 247 g/mol. The van der Waals surface area contributed by atoms with Crippen LogP contribution in [0.15, 0.2) is 24.4 Å². The van der Waals surface area contributed by atoms with Crippen LogP contribution in [0.5, 0.6) is 0 Å². The molecule has 1 aliphatic heterocycles. The molecule has 18 heavy (non-hydrogen) atoms. The molecular weight excluding hydrogens is 230 g/mol. The second-order valence-corrected chi connectivity index (χ2v) is 4.05. The van der Waals surface area contributed by atoms with Gasteiger partial charge in [0.05, 0.1) is 6.10 Å². The Morgan fingerprint density at radius 2 is 2.39 bits per heavy atom. The van der Waals surface area contributed by atoms with Gasteiger partial charge in [-0.1, -0.05) is 12.1 Å². The van der Waals surface area contributed by atoms with Gasteiger partial charge in [0.2, 0.25) is 0 Å². The standard InChI is InChI=1S/C13H17N3O2/c1-14-13(17)11-4-3-9(7-16-11)10-5-6-15-8-12(10)18-2/h3-5,7,12,15H,6,8H2,1-2H3,(H,14,17). The Labute approximate surface area is 106 Å². The number of carbonyl (C=O) groups excluding carboxylic acids is 1. The van der Waals surface area contributed by atoms with E-state index in [0.29, 0.717) is 5.69 Å². The van der Waals surface area contributed by atoms with E-state index in [4.69, 9.17) is 4.74 Å². The van der Waals surface area contributed by atoms with E-state index in [0.717, 1.165) is 24.2 Å². The second kappa shape index (κ2) is 5.75. The zero-order valence-corrected chi connectivity index (χ0v) is 10.6. The minimum absolute atomic E-state index is 0.0337. The van der Waals surface area contributed by atoms with Crippen LogP contribution in [0.4, 0.5) is 0 Å². The van der Waals surface area contributed by atoms with E-state index in [9.17, 15) is 4.79 Å². The summed E-state index contributed by atoms with van der Waals surface area (Å²) >= 11 is 0. The van der Waals surface area contributed by atoms with Crippen LogP contribution in [0.1, 0.15) is 16.1 Å². The molecule has 2 heterocycles. The largest absolute Gasteiger partial charge is 0.375 e. The minimum Gasteiger partial charge on any atom is -0.375 e. The lowest BCUT2D eigenvalue weighted by Crippen LogP contribution is -2.34. The van der Waals surface area contributed by atoms with E-state index < -0.39 is 0 Å². The van der Waals surface area contributed by atoms with E-state index in [1.807, 2.05) is 6.07 Å². The molecule has 2 N–H and O–H groups in total. The van der Waals surface area contributed by atoms with Gasteiger partial charge < -0.3 is 15.4 Å². The summed E-state index contributed by atoms with van der Waals surface area (Å²) in [5.74, 6) is -0.177. The van der Waals surface area contributed by atoms with Gasteiger partial charge in [0.25, 0.3) is 5.91 Å². The van der Waals surface area contributed by atoms with Crippen molar-refractivity contribution in [1.29, 1.82) is 0 Å². The highest BCUT2D eigenvalue weighted by Gasteiger charge is 2.18. The van der Waals surface area contributed by atoms with Crippen LogP contribution in [0.3, 0.4) is 0 Å². The fourth-order valence-corrected chi connectivity index (χ4v) is 1.98. The summed E-state index contributed by atoms with van der Waals surface area (Å²) in [5, 5.41) is 5.79. The predicted molar refractivity (Wildman–Crippen MR) is 69.3 cm³/mol. The smallest absolute Gasteiger partial charge is 0.269 e. The van der Waals surface area contributed by atoms with Crippen LogP contribution in [-0.2, 0) is 4.74 Å². The van der Waals surface area contributed by atoms with Crippen LogP contribution in [0.2, 0.25) is 0 Å². The zero-order chi connectivity index (χ0) is 13.0. The number of hydrogen-bond acceptors (Lipinski definition) is 4. The number of ether oxygens (including phenoxy) is 1. The van der Waals surface area contributed by atoms with Crippen molar-refractivity contribution < 1.29 is 9.53 Å². The Bertz CT molecular complexity index is 454. The van der Waals surface area contributed by atoms with Gasteiger partial charge in [-0.3, -0.25) is 9.78 Å². The van der Waals surface area contributed by atoms with Gasteiger partial charge in [0.15, 0.2) is 0 Å². The summed E-state index contributed by atoms with van der Waals surface area (Å²) in [6, 6.07) is 3.63. The van der Waals surface area contributed by atoms with Crippen LogP contribution in [0.25, 0.3) is 5.57 Å². The van der Waals surface area contributed by atoms with Crippen molar-refractivity contribution in [3.05, 3.63) is 35.7 Å². The highest BCUT2D eigenvalue weighted by atomic mass is 16.5. The molecule has 0 bridgehead atoms. The first-order valence-corrected chi connectivity index (χ1v) is 5.88. The SMILES string of the molecule is CNC(=O)c1ccc(C2=CCNCC2OC)cn1. The third-order valence-corrected chi connectivity index (χ3v) is 2.98. The number of pyridine rings is 1. The van der Waals surface area contributed by atoms with E-state index in [2.05, 4.69) is 21.7 Å². The van der Waals surface area contributed by atoms with Crippen molar-refractivity contribution in [3.63, 3.8) is 0 Å². The molecule has 0 saturated carbocycles. The number of carbonyl (C=O) groups is 1. The number of amides is 1. The highest BCUT2D eigenvalue weighted by Crippen LogP contribution is 2.21. The summed E-state index contributed by atoms with van der Waals surface area (Å²) in [6.45, 7) is 1.62. The molecule has 5 heteroatoms. The van der Waals surface area contributed by atoms with E-state index in [1.165, 1.54) is 0 Å². The third kappa shape index (κ3) is 2.57. The molecule has 0 fully saturated rings. The number of nitrogens with one attached hydrogen (secondary N) is 2. The first-order chi connectivity index (χ1) is 8.76. The minimum atomic E-state index is -0.177. The molecule has 0 saturated heterocycles. The lowest BCUT2D eigenvalue weighted by molar-refractivity contribution is 0.0958. The number of methoxy groups -OCH3 is 1. The van der Waals surface area contributed by atoms with Crippen LogP contribution < -0.4 is 10.6 Å². The lowest BCUT2D eigenvalue weighted by atomic mass is 9.99. The number of nitrogens with zero attached hydrogens (tertiary/aromatic N) is 1. The topological polar surface area (TPSA) is 63.2 Å². The van der Waals surface area contributed by atoms with Crippen LogP contribution in [0, 0.1) is 0 Å². The Morgan fingerprint density at radius 1 is 1.56 bits per heavy atom. The van der Waals surface area contributed by atoms with Gasteiger partial charge in [-0.05, 0) is 17.2 Å². The number of rotatable bonds is 3. The maximum atomic E-state index is 11.4. The average molecular weight is 247 g/mol. The first kappa shape index (κ1) is 12.7. The fourth-order valence-electron chi connectivity index (χ4n) is 1.98. The van der Waals surface area contributed by atoms with E-state index in [-0.39, 0.29) is 12.0 Å². The van der Waals surface area contributed by atoms with Crippen molar-refractivity contribution in [3.8, 4) is 0 Å². The summed E-state index contributed by atoms with van der Waals surface area (Å²) in [4.78, 5) is 15.6. The maximum absolute atomic E-state index is 11.4. The van der Waals surface area contributed by atoms with Gasteiger partial charge in [-0.2, -0.15) is 0 Å². The Hall–Kier alpha value is -1.72. The molecule has 96 valence electrons. The molecule has 0 aliphatic carbocycles. The van der Waals surface area contributed by atoms with Gasteiger partial charge in [-0.15, -0.1) is 0 Å². The molecule has 1 unspecified atom stereocenters. The maximum Gasteiger partial charge on any atom is 0.269 e. The van der Waals surface area contributed by atoms with Gasteiger partial charge in [-0.25, -0.2) is 0 Å². The van der Waals surface area contributed by atoms with Crippen molar-refractivity contribution in [1.82, 2.24) is 15.6 Å². The molecule has 0 aromatic carbocycles. The molecule has 1 aromatic heterocycles. The molecule has 5 nitrogen and oxygen atoms in total. The molecule has 0 spiro atoms. The first-order valence-electron chi connectivity index (χ1n) is 5.88. The molecule has 1 aliphatic rings. The van der Waals surface area contributed by atoms with Gasteiger partial charge in [0.1, 0.15) is 5.69 Å². The fraction of sp³-hybridized carbons (Fsp3) is 0.385. The average Bonchev–Trinajstić information content (AvgIpc) is 2.46. The molecule has 1 aromatic rings. The van der Waals surface area contributed by atoms with Crippen molar-refractivity contribution in [2.24, 2.45) is 0 Å². The van der Waals surface area contributed by atoms with E-state index in [1.54, 1.807) is 26.4 Å². The molecule has 0 radical (unpaired) electrons. The molecular formula is C13H17N3O2.